The Hall–Kier alpha value is -1.11. The molecule has 2 rings (SSSR count). The Kier molecular flexibility index (Phi) is 5.94. The third-order valence-electron chi connectivity index (χ3n) is 4.26. The van der Waals surface area contributed by atoms with Crippen molar-refractivity contribution in [2.45, 2.75) is 43.6 Å². The highest BCUT2D eigenvalue weighted by Crippen LogP contribution is 2.29. The minimum absolute atomic E-state index is 0.0402. The highest BCUT2D eigenvalue weighted by molar-refractivity contribution is 7.91. The van der Waals surface area contributed by atoms with Gasteiger partial charge in [-0.05, 0) is 30.9 Å². The van der Waals surface area contributed by atoms with Gasteiger partial charge in [-0.2, -0.15) is 0 Å². The summed E-state index contributed by atoms with van der Waals surface area (Å²) in [5, 5.41) is 10.8. The van der Waals surface area contributed by atoms with E-state index in [-0.39, 0.29) is 40.3 Å². The minimum atomic E-state index is -3.69. The van der Waals surface area contributed by atoms with Crippen LogP contribution in [0.2, 0.25) is 5.02 Å². The van der Waals surface area contributed by atoms with Crippen molar-refractivity contribution in [1.29, 1.82) is 0 Å². The van der Waals surface area contributed by atoms with Gasteiger partial charge >= 0.3 is 0 Å². The van der Waals surface area contributed by atoms with E-state index in [9.17, 15) is 18.3 Å². The summed E-state index contributed by atoms with van der Waals surface area (Å²) >= 11 is 5.97. The van der Waals surface area contributed by atoms with Gasteiger partial charge in [-0.15, -0.1) is 0 Å². The zero-order valence-electron chi connectivity index (χ0n) is 14.0. The van der Waals surface area contributed by atoms with Crippen LogP contribution in [-0.2, 0) is 14.6 Å². The van der Waals surface area contributed by atoms with Crippen molar-refractivity contribution in [2.24, 2.45) is 5.92 Å². The Labute approximate surface area is 148 Å². The number of rotatable bonds is 5. The van der Waals surface area contributed by atoms with E-state index < -0.39 is 15.4 Å². The molecule has 1 saturated heterocycles. The second kappa shape index (κ2) is 7.42. The lowest BCUT2D eigenvalue weighted by Crippen LogP contribution is -2.50. The molecule has 0 aliphatic carbocycles. The fourth-order valence-corrected chi connectivity index (χ4v) is 5.21. The summed E-state index contributed by atoms with van der Waals surface area (Å²) in [6.07, 6.45) is 0.970. The van der Waals surface area contributed by atoms with Crippen LogP contribution in [0.15, 0.2) is 29.2 Å². The van der Waals surface area contributed by atoms with E-state index in [0.717, 1.165) is 0 Å². The van der Waals surface area contributed by atoms with Crippen LogP contribution < -0.4 is 0 Å². The minimum Gasteiger partial charge on any atom is -0.389 e. The molecule has 1 aliphatic rings. The quantitative estimate of drug-likeness (QED) is 0.860. The summed E-state index contributed by atoms with van der Waals surface area (Å²) in [5.41, 5.74) is -1.33. The van der Waals surface area contributed by atoms with E-state index in [1.807, 2.05) is 13.8 Å². The zero-order valence-corrected chi connectivity index (χ0v) is 15.6. The van der Waals surface area contributed by atoms with Crippen molar-refractivity contribution in [2.75, 3.05) is 18.8 Å². The molecular formula is C17H24ClNO4S. The SMILES string of the molecule is CC(C)CC(=O)N1CCC(O)(CS(=O)(=O)c2ccccc2Cl)CC1. The molecule has 1 aromatic carbocycles. The topological polar surface area (TPSA) is 74.7 Å². The molecular weight excluding hydrogens is 350 g/mol. The fraction of sp³-hybridized carbons (Fsp3) is 0.588. The molecule has 0 bridgehead atoms. The average molecular weight is 374 g/mol. The van der Waals surface area contributed by atoms with Crippen molar-refractivity contribution >= 4 is 27.3 Å². The molecule has 1 aliphatic heterocycles. The summed E-state index contributed by atoms with van der Waals surface area (Å²) in [6, 6.07) is 6.24. The lowest BCUT2D eigenvalue weighted by atomic mass is 9.93. The maximum absolute atomic E-state index is 12.6. The van der Waals surface area contributed by atoms with Gasteiger partial charge in [0.2, 0.25) is 5.91 Å². The third kappa shape index (κ3) is 4.71. The van der Waals surface area contributed by atoms with E-state index in [1.54, 1.807) is 17.0 Å². The number of carbonyl (C=O) groups excluding carboxylic acids is 1. The number of hydrogen-bond acceptors (Lipinski definition) is 4. The van der Waals surface area contributed by atoms with Crippen LogP contribution in [0, 0.1) is 5.92 Å². The number of amides is 1. The number of benzene rings is 1. The van der Waals surface area contributed by atoms with Gasteiger partial charge in [-0.1, -0.05) is 37.6 Å². The molecule has 0 aromatic heterocycles. The number of aliphatic hydroxyl groups is 1. The number of piperidine rings is 1. The number of halogens is 1. The van der Waals surface area contributed by atoms with Crippen molar-refractivity contribution in [3.8, 4) is 0 Å². The van der Waals surface area contributed by atoms with Crippen LogP contribution in [0.3, 0.4) is 0 Å². The molecule has 1 aromatic rings. The molecule has 5 nitrogen and oxygen atoms in total. The Morgan fingerprint density at radius 3 is 2.42 bits per heavy atom. The molecule has 0 saturated carbocycles. The van der Waals surface area contributed by atoms with E-state index in [1.165, 1.54) is 12.1 Å². The molecule has 1 heterocycles. The number of hydrogen-bond donors (Lipinski definition) is 1. The number of sulfone groups is 1. The smallest absolute Gasteiger partial charge is 0.222 e. The predicted molar refractivity (Wildman–Crippen MR) is 93.7 cm³/mol. The Bertz CT molecular complexity index is 694. The van der Waals surface area contributed by atoms with Gasteiger partial charge in [0.05, 0.1) is 21.3 Å². The van der Waals surface area contributed by atoms with Crippen LogP contribution in [0.1, 0.15) is 33.1 Å². The Morgan fingerprint density at radius 2 is 1.88 bits per heavy atom. The van der Waals surface area contributed by atoms with E-state index in [2.05, 4.69) is 0 Å². The fourth-order valence-electron chi connectivity index (χ4n) is 2.92. The maximum Gasteiger partial charge on any atom is 0.222 e. The first-order valence-corrected chi connectivity index (χ1v) is 10.1. The zero-order chi connectivity index (χ0) is 18.0. The van der Waals surface area contributed by atoms with Crippen LogP contribution in [0.4, 0.5) is 0 Å². The number of nitrogens with zero attached hydrogens (tertiary/aromatic N) is 1. The average Bonchev–Trinajstić information content (AvgIpc) is 2.46. The van der Waals surface area contributed by atoms with Crippen molar-refractivity contribution in [1.82, 2.24) is 4.90 Å². The van der Waals surface area contributed by atoms with Crippen molar-refractivity contribution in [3.63, 3.8) is 0 Å². The van der Waals surface area contributed by atoms with Crippen molar-refractivity contribution < 1.29 is 18.3 Å². The highest BCUT2D eigenvalue weighted by atomic mass is 35.5. The molecule has 134 valence electrons. The molecule has 1 N–H and O–H groups in total. The Morgan fingerprint density at radius 1 is 1.29 bits per heavy atom. The van der Waals surface area contributed by atoms with Crippen LogP contribution in [0.25, 0.3) is 0 Å². The van der Waals surface area contributed by atoms with E-state index >= 15 is 0 Å². The second-order valence-corrected chi connectivity index (χ2v) is 9.26. The summed E-state index contributed by atoms with van der Waals surface area (Å²) in [6.45, 7) is 4.71. The first kappa shape index (κ1) is 19.2. The lowest BCUT2D eigenvalue weighted by Gasteiger charge is -2.38. The van der Waals surface area contributed by atoms with Crippen LogP contribution in [0.5, 0.6) is 0 Å². The van der Waals surface area contributed by atoms with Crippen molar-refractivity contribution in [3.05, 3.63) is 29.3 Å². The number of carbonyl (C=O) groups is 1. The van der Waals surface area contributed by atoms with Gasteiger partial charge in [0.15, 0.2) is 9.84 Å². The summed E-state index contributed by atoms with van der Waals surface area (Å²) in [7, 11) is -3.69. The lowest BCUT2D eigenvalue weighted by molar-refractivity contribution is -0.135. The third-order valence-corrected chi connectivity index (χ3v) is 6.65. The standard InChI is InChI=1S/C17H24ClNO4S/c1-13(2)11-16(20)19-9-7-17(21,8-10-19)12-24(22,23)15-6-4-3-5-14(15)18/h3-6,13,21H,7-12H2,1-2H3. The molecule has 0 radical (unpaired) electrons. The van der Waals surface area contributed by atoms with Gasteiger partial charge in [-0.25, -0.2) is 8.42 Å². The van der Waals surface area contributed by atoms with Gasteiger partial charge < -0.3 is 10.0 Å². The monoisotopic (exact) mass is 373 g/mol. The Balaban J connectivity index is 2.04. The second-order valence-electron chi connectivity index (χ2n) is 6.89. The van der Waals surface area contributed by atoms with E-state index in [0.29, 0.717) is 19.5 Å². The molecule has 1 amide bonds. The maximum atomic E-state index is 12.6. The molecule has 1 fully saturated rings. The first-order valence-electron chi connectivity index (χ1n) is 8.10. The van der Waals surface area contributed by atoms with Crippen LogP contribution >= 0.6 is 11.6 Å². The van der Waals surface area contributed by atoms with Gasteiger partial charge in [-0.3, -0.25) is 4.79 Å². The summed E-state index contributed by atoms with van der Waals surface area (Å²) in [5.74, 6) is -0.0458. The normalized spacial score (nSPS) is 18.0. The van der Waals surface area contributed by atoms with Gasteiger partial charge in [0.1, 0.15) is 0 Å². The predicted octanol–water partition coefficient (Wildman–Crippen LogP) is 2.51. The first-order chi connectivity index (χ1) is 11.1. The summed E-state index contributed by atoms with van der Waals surface area (Å²) < 4.78 is 25.1. The largest absolute Gasteiger partial charge is 0.389 e. The van der Waals surface area contributed by atoms with E-state index in [4.69, 9.17) is 11.6 Å². The molecule has 0 unspecified atom stereocenters. The number of likely N-dealkylation sites (tertiary alicyclic amines) is 1. The van der Waals surface area contributed by atoms with Gasteiger partial charge in [0, 0.05) is 19.5 Å². The van der Waals surface area contributed by atoms with Gasteiger partial charge in [0.25, 0.3) is 0 Å². The van der Waals surface area contributed by atoms with Crippen LogP contribution in [-0.4, -0.2) is 48.8 Å². The molecule has 0 atom stereocenters. The highest BCUT2D eigenvalue weighted by Gasteiger charge is 2.38. The molecule has 7 heteroatoms. The molecule has 0 spiro atoms. The molecule has 24 heavy (non-hydrogen) atoms. The summed E-state index contributed by atoms with van der Waals surface area (Å²) in [4.78, 5) is 13.8.